The molecular weight excluding hydrogens is 273 g/mol. The Bertz CT molecular complexity index is 738. The summed E-state index contributed by atoms with van der Waals surface area (Å²) < 4.78 is 18.1. The second kappa shape index (κ2) is 5.92. The van der Waals surface area contributed by atoms with Crippen molar-refractivity contribution in [3.05, 3.63) is 53.3 Å². The Labute approximate surface area is 120 Å². The van der Waals surface area contributed by atoms with Crippen LogP contribution < -0.4 is 11.1 Å². The molecule has 2 aromatic carbocycles. The minimum Gasteiger partial charge on any atom is -0.465 e. The molecule has 21 heavy (non-hydrogen) atoms. The first-order chi connectivity index (χ1) is 10.1. The van der Waals surface area contributed by atoms with E-state index in [0.717, 1.165) is 0 Å². The zero-order chi connectivity index (χ0) is 15.4. The number of rotatable bonds is 3. The van der Waals surface area contributed by atoms with Gasteiger partial charge in [-0.05, 0) is 30.3 Å². The number of nitrogens with two attached hydrogens (primary N) is 1. The molecule has 5 nitrogen and oxygen atoms in total. The SMILES string of the molecule is COC(=O)c1ccc(Nc2cccc(F)c2C#N)c(N)c1. The fourth-order valence-electron chi connectivity index (χ4n) is 1.81. The summed E-state index contributed by atoms with van der Waals surface area (Å²) in [6.45, 7) is 0. The number of nitriles is 1. The normalized spacial score (nSPS) is 9.76. The Balaban J connectivity index is 2.35. The van der Waals surface area contributed by atoms with Gasteiger partial charge >= 0.3 is 5.97 Å². The van der Waals surface area contributed by atoms with Gasteiger partial charge in [0.15, 0.2) is 0 Å². The van der Waals surface area contributed by atoms with Crippen LogP contribution in [0.3, 0.4) is 0 Å². The zero-order valence-electron chi connectivity index (χ0n) is 11.2. The van der Waals surface area contributed by atoms with Crippen molar-refractivity contribution in [3.63, 3.8) is 0 Å². The molecule has 106 valence electrons. The van der Waals surface area contributed by atoms with E-state index in [1.165, 1.54) is 31.4 Å². The molecule has 0 bridgehead atoms. The number of carbonyl (C=O) groups is 1. The predicted molar refractivity (Wildman–Crippen MR) is 76.6 cm³/mol. The van der Waals surface area contributed by atoms with Crippen LogP contribution >= 0.6 is 0 Å². The summed E-state index contributed by atoms with van der Waals surface area (Å²) in [5.41, 5.74) is 7.09. The highest BCUT2D eigenvalue weighted by Gasteiger charge is 2.11. The van der Waals surface area contributed by atoms with Crippen molar-refractivity contribution < 1.29 is 13.9 Å². The summed E-state index contributed by atoms with van der Waals surface area (Å²) in [7, 11) is 1.27. The van der Waals surface area contributed by atoms with E-state index in [1.54, 1.807) is 18.2 Å². The van der Waals surface area contributed by atoms with Crippen molar-refractivity contribution >= 4 is 23.0 Å². The van der Waals surface area contributed by atoms with Crippen LogP contribution in [0.1, 0.15) is 15.9 Å². The average molecular weight is 285 g/mol. The number of nitrogens with one attached hydrogen (secondary N) is 1. The average Bonchev–Trinajstić information content (AvgIpc) is 2.48. The molecule has 0 saturated carbocycles. The summed E-state index contributed by atoms with van der Waals surface area (Å²) in [5, 5.41) is 11.9. The summed E-state index contributed by atoms with van der Waals surface area (Å²) >= 11 is 0. The van der Waals surface area contributed by atoms with Gasteiger partial charge in [0.05, 0.1) is 29.7 Å². The lowest BCUT2D eigenvalue weighted by molar-refractivity contribution is 0.0601. The Kier molecular flexibility index (Phi) is 4.05. The van der Waals surface area contributed by atoms with Gasteiger partial charge in [-0.1, -0.05) is 6.07 Å². The van der Waals surface area contributed by atoms with E-state index in [-0.39, 0.29) is 11.3 Å². The topological polar surface area (TPSA) is 88.1 Å². The Morgan fingerprint density at radius 1 is 1.33 bits per heavy atom. The van der Waals surface area contributed by atoms with Crippen molar-refractivity contribution in [3.8, 4) is 6.07 Å². The van der Waals surface area contributed by atoms with E-state index in [2.05, 4.69) is 10.1 Å². The molecule has 0 saturated heterocycles. The molecule has 0 aliphatic heterocycles. The fourth-order valence-corrected chi connectivity index (χ4v) is 1.81. The Morgan fingerprint density at radius 3 is 2.71 bits per heavy atom. The van der Waals surface area contributed by atoms with Gasteiger partial charge in [-0.25, -0.2) is 9.18 Å². The fraction of sp³-hybridized carbons (Fsp3) is 0.0667. The van der Waals surface area contributed by atoms with Crippen LogP contribution in [0.25, 0.3) is 0 Å². The molecule has 0 atom stereocenters. The Hall–Kier alpha value is -3.07. The van der Waals surface area contributed by atoms with Gasteiger partial charge in [0.25, 0.3) is 0 Å². The van der Waals surface area contributed by atoms with Crippen LogP contribution in [0.15, 0.2) is 36.4 Å². The quantitative estimate of drug-likeness (QED) is 0.668. The van der Waals surface area contributed by atoms with Gasteiger partial charge in [-0.3, -0.25) is 0 Å². The maximum atomic E-state index is 13.5. The molecule has 0 aliphatic carbocycles. The van der Waals surface area contributed by atoms with Crippen molar-refractivity contribution in [2.45, 2.75) is 0 Å². The molecule has 0 fully saturated rings. The molecule has 3 N–H and O–H groups in total. The van der Waals surface area contributed by atoms with Crippen LogP contribution in [0.2, 0.25) is 0 Å². The molecule has 0 spiro atoms. The number of carbonyl (C=O) groups excluding carboxylic acids is 1. The van der Waals surface area contributed by atoms with E-state index < -0.39 is 11.8 Å². The number of hydrogen-bond acceptors (Lipinski definition) is 5. The maximum Gasteiger partial charge on any atom is 0.337 e. The standard InChI is InChI=1S/C15H12FN3O2/c1-21-15(20)9-5-6-14(12(18)7-9)19-13-4-2-3-11(16)10(13)8-17/h2-7,19H,18H2,1H3. The van der Waals surface area contributed by atoms with Crippen LogP contribution in [-0.4, -0.2) is 13.1 Å². The first kappa shape index (κ1) is 14.3. The highest BCUT2D eigenvalue weighted by molar-refractivity contribution is 5.92. The van der Waals surface area contributed by atoms with Crippen molar-refractivity contribution in [1.82, 2.24) is 0 Å². The lowest BCUT2D eigenvalue weighted by atomic mass is 10.1. The molecule has 2 aromatic rings. The summed E-state index contributed by atoms with van der Waals surface area (Å²) in [5.74, 6) is -1.12. The minimum atomic E-state index is -0.618. The smallest absolute Gasteiger partial charge is 0.337 e. The first-order valence-electron chi connectivity index (χ1n) is 6.00. The van der Waals surface area contributed by atoms with Crippen LogP contribution in [0.4, 0.5) is 21.5 Å². The zero-order valence-corrected chi connectivity index (χ0v) is 11.2. The lowest BCUT2D eigenvalue weighted by Gasteiger charge is -2.12. The van der Waals surface area contributed by atoms with Gasteiger partial charge in [-0.15, -0.1) is 0 Å². The third kappa shape index (κ3) is 2.92. The van der Waals surface area contributed by atoms with E-state index in [0.29, 0.717) is 16.9 Å². The van der Waals surface area contributed by atoms with E-state index in [9.17, 15) is 9.18 Å². The number of ether oxygens (including phenoxy) is 1. The van der Waals surface area contributed by atoms with Gasteiger partial charge in [0.1, 0.15) is 17.4 Å². The maximum absolute atomic E-state index is 13.5. The Morgan fingerprint density at radius 2 is 2.10 bits per heavy atom. The van der Waals surface area contributed by atoms with E-state index in [1.807, 2.05) is 0 Å². The number of esters is 1. The highest BCUT2D eigenvalue weighted by Crippen LogP contribution is 2.27. The molecule has 0 radical (unpaired) electrons. The number of nitrogen functional groups attached to an aromatic ring is 1. The second-order valence-corrected chi connectivity index (χ2v) is 4.19. The van der Waals surface area contributed by atoms with Crippen LogP contribution in [-0.2, 0) is 4.74 Å². The van der Waals surface area contributed by atoms with Gasteiger partial charge in [0, 0.05) is 0 Å². The van der Waals surface area contributed by atoms with Gasteiger partial charge in [0.2, 0.25) is 0 Å². The lowest BCUT2D eigenvalue weighted by Crippen LogP contribution is -2.04. The number of methoxy groups -OCH3 is 1. The number of benzene rings is 2. The molecular formula is C15H12FN3O2. The second-order valence-electron chi connectivity index (χ2n) is 4.19. The molecule has 2 rings (SSSR count). The number of anilines is 3. The van der Waals surface area contributed by atoms with Crippen molar-refractivity contribution in [1.29, 1.82) is 5.26 Å². The number of halogens is 1. The van der Waals surface area contributed by atoms with E-state index >= 15 is 0 Å². The number of hydrogen-bond donors (Lipinski definition) is 2. The molecule has 0 heterocycles. The third-order valence-electron chi connectivity index (χ3n) is 2.87. The van der Waals surface area contributed by atoms with Crippen LogP contribution in [0, 0.1) is 17.1 Å². The largest absolute Gasteiger partial charge is 0.465 e. The van der Waals surface area contributed by atoms with E-state index in [4.69, 9.17) is 11.0 Å². The first-order valence-corrected chi connectivity index (χ1v) is 6.00. The molecule has 0 aliphatic rings. The van der Waals surface area contributed by atoms with Crippen molar-refractivity contribution in [2.24, 2.45) is 0 Å². The van der Waals surface area contributed by atoms with Gasteiger partial charge < -0.3 is 15.8 Å². The highest BCUT2D eigenvalue weighted by atomic mass is 19.1. The van der Waals surface area contributed by atoms with Gasteiger partial charge in [-0.2, -0.15) is 5.26 Å². The third-order valence-corrected chi connectivity index (χ3v) is 2.87. The predicted octanol–water partition coefficient (Wildman–Crippen LogP) is 2.81. The summed E-state index contributed by atoms with van der Waals surface area (Å²) in [6, 6.07) is 10.6. The molecule has 0 unspecified atom stereocenters. The molecule has 6 heteroatoms. The van der Waals surface area contributed by atoms with Crippen molar-refractivity contribution in [2.75, 3.05) is 18.2 Å². The number of nitrogens with zero attached hydrogens (tertiary/aromatic N) is 1. The minimum absolute atomic E-state index is 0.103. The molecule has 0 aromatic heterocycles. The molecule has 0 amide bonds. The summed E-state index contributed by atoms with van der Waals surface area (Å²) in [4.78, 5) is 11.4. The monoisotopic (exact) mass is 285 g/mol. The van der Waals surface area contributed by atoms with Crippen LogP contribution in [0.5, 0.6) is 0 Å². The summed E-state index contributed by atoms with van der Waals surface area (Å²) in [6.07, 6.45) is 0.